The van der Waals surface area contributed by atoms with Gasteiger partial charge in [-0.3, -0.25) is 9.20 Å². The third kappa shape index (κ3) is 2.63. The molecule has 0 radical (unpaired) electrons. The van der Waals surface area contributed by atoms with Gasteiger partial charge < -0.3 is 9.30 Å². The Hall–Kier alpha value is -2.89. The van der Waals surface area contributed by atoms with E-state index in [4.69, 9.17) is 4.74 Å². The second-order valence-corrected chi connectivity index (χ2v) is 5.10. The van der Waals surface area contributed by atoms with Gasteiger partial charge in [0.05, 0.1) is 5.69 Å². The van der Waals surface area contributed by atoms with Gasteiger partial charge in [0.2, 0.25) is 0 Å². The Morgan fingerprint density at radius 1 is 1.32 bits per heavy atom. The normalized spacial score (nSPS) is 10.8. The molecule has 6 nitrogen and oxygen atoms in total. The van der Waals surface area contributed by atoms with Gasteiger partial charge in [0.1, 0.15) is 17.9 Å². The summed E-state index contributed by atoms with van der Waals surface area (Å²) >= 11 is 0. The standard InChI is InChI=1S/C16H15N3O3/c1-11-5-6-14-17-12(8-15(20)19(14)9-11)10-22-16(21)13-4-3-7-18(13)2/h3-9H,10H2,1-2H3. The van der Waals surface area contributed by atoms with Gasteiger partial charge in [0.15, 0.2) is 0 Å². The van der Waals surface area contributed by atoms with Crippen LogP contribution >= 0.6 is 0 Å². The van der Waals surface area contributed by atoms with Crippen LogP contribution in [0.1, 0.15) is 21.7 Å². The maximum atomic E-state index is 12.1. The summed E-state index contributed by atoms with van der Waals surface area (Å²) in [4.78, 5) is 28.3. The Labute approximate surface area is 126 Å². The predicted octanol–water partition coefficient (Wildman–Crippen LogP) is 1.70. The Bertz CT molecular complexity index is 908. The summed E-state index contributed by atoms with van der Waals surface area (Å²) in [6.45, 7) is 1.87. The minimum atomic E-state index is -0.446. The van der Waals surface area contributed by atoms with Gasteiger partial charge in [0, 0.05) is 25.5 Å². The fourth-order valence-corrected chi connectivity index (χ4v) is 2.22. The molecule has 3 rings (SSSR count). The Morgan fingerprint density at radius 2 is 2.14 bits per heavy atom. The first kappa shape index (κ1) is 14.1. The molecule has 0 spiro atoms. The highest BCUT2D eigenvalue weighted by Gasteiger charge is 2.11. The lowest BCUT2D eigenvalue weighted by Crippen LogP contribution is -2.17. The number of hydrogen-bond donors (Lipinski definition) is 0. The molecule has 22 heavy (non-hydrogen) atoms. The summed E-state index contributed by atoms with van der Waals surface area (Å²) in [6.07, 6.45) is 3.49. The number of aromatic nitrogens is 3. The summed E-state index contributed by atoms with van der Waals surface area (Å²) < 4.78 is 8.36. The molecule has 0 saturated heterocycles. The van der Waals surface area contributed by atoms with Gasteiger partial charge in [-0.2, -0.15) is 0 Å². The molecule has 0 aliphatic rings. The molecule has 0 aromatic carbocycles. The average molecular weight is 297 g/mol. The molecule has 3 aromatic heterocycles. The number of nitrogens with zero attached hydrogens (tertiary/aromatic N) is 3. The fourth-order valence-electron chi connectivity index (χ4n) is 2.22. The summed E-state index contributed by atoms with van der Waals surface area (Å²) in [5.41, 5.74) is 2.19. The molecule has 112 valence electrons. The van der Waals surface area contributed by atoms with Gasteiger partial charge in [0.25, 0.3) is 5.56 Å². The first-order valence-electron chi connectivity index (χ1n) is 6.82. The van der Waals surface area contributed by atoms with E-state index in [2.05, 4.69) is 4.98 Å². The lowest BCUT2D eigenvalue weighted by atomic mass is 10.3. The molecule has 0 amide bonds. The summed E-state index contributed by atoms with van der Waals surface area (Å²) in [5, 5.41) is 0. The van der Waals surface area contributed by atoms with Gasteiger partial charge in [-0.25, -0.2) is 9.78 Å². The highest BCUT2D eigenvalue weighted by Crippen LogP contribution is 2.06. The van der Waals surface area contributed by atoms with Crippen LogP contribution in [0.25, 0.3) is 5.65 Å². The van der Waals surface area contributed by atoms with E-state index in [0.717, 1.165) is 5.56 Å². The maximum absolute atomic E-state index is 12.1. The van der Waals surface area contributed by atoms with Crippen molar-refractivity contribution in [2.75, 3.05) is 0 Å². The van der Waals surface area contributed by atoms with Crippen molar-refractivity contribution in [2.24, 2.45) is 7.05 Å². The van der Waals surface area contributed by atoms with Gasteiger partial charge in [-0.05, 0) is 30.7 Å². The Balaban J connectivity index is 1.83. The fraction of sp³-hybridized carbons (Fsp3) is 0.188. The number of hydrogen-bond acceptors (Lipinski definition) is 4. The molecule has 0 unspecified atom stereocenters. The van der Waals surface area contributed by atoms with Crippen LogP contribution in [0.4, 0.5) is 0 Å². The van der Waals surface area contributed by atoms with Gasteiger partial charge in [-0.1, -0.05) is 6.07 Å². The van der Waals surface area contributed by atoms with Crippen LogP contribution in [-0.2, 0) is 18.4 Å². The molecular formula is C16H15N3O3. The molecule has 0 aliphatic heterocycles. The molecular weight excluding hydrogens is 282 g/mol. The minimum Gasteiger partial charge on any atom is -0.455 e. The van der Waals surface area contributed by atoms with Crippen molar-refractivity contribution in [3.8, 4) is 0 Å². The smallest absolute Gasteiger partial charge is 0.355 e. The maximum Gasteiger partial charge on any atom is 0.355 e. The molecule has 6 heteroatoms. The van der Waals surface area contributed by atoms with Crippen LogP contribution in [0.15, 0.2) is 47.5 Å². The Morgan fingerprint density at radius 3 is 2.86 bits per heavy atom. The lowest BCUT2D eigenvalue weighted by Gasteiger charge is -2.07. The van der Waals surface area contributed by atoms with E-state index in [9.17, 15) is 9.59 Å². The summed E-state index contributed by atoms with van der Waals surface area (Å²) in [6, 6.07) is 8.46. The second-order valence-electron chi connectivity index (χ2n) is 5.10. The average Bonchev–Trinajstić information content (AvgIpc) is 2.92. The van der Waals surface area contributed by atoms with Crippen LogP contribution in [0, 0.1) is 6.92 Å². The van der Waals surface area contributed by atoms with E-state index in [1.807, 2.05) is 13.0 Å². The van der Waals surface area contributed by atoms with E-state index >= 15 is 0 Å². The molecule has 0 aliphatic carbocycles. The van der Waals surface area contributed by atoms with Crippen molar-refractivity contribution in [2.45, 2.75) is 13.5 Å². The Kier molecular flexibility index (Phi) is 3.50. The van der Waals surface area contributed by atoms with E-state index in [1.54, 1.807) is 42.2 Å². The molecule has 0 N–H and O–H groups in total. The van der Waals surface area contributed by atoms with Crippen LogP contribution in [-0.4, -0.2) is 19.9 Å². The number of carbonyl (C=O) groups excluding carboxylic acids is 1. The molecule has 0 saturated carbocycles. The second kappa shape index (κ2) is 5.48. The number of fused-ring (bicyclic) bond motifs is 1. The predicted molar refractivity (Wildman–Crippen MR) is 80.7 cm³/mol. The molecule has 3 aromatic rings. The lowest BCUT2D eigenvalue weighted by molar-refractivity contribution is 0.0456. The molecule has 0 bridgehead atoms. The van der Waals surface area contributed by atoms with Crippen molar-refractivity contribution in [1.82, 2.24) is 14.0 Å². The van der Waals surface area contributed by atoms with Crippen molar-refractivity contribution >= 4 is 11.6 Å². The monoisotopic (exact) mass is 297 g/mol. The minimum absolute atomic E-state index is 0.0381. The van der Waals surface area contributed by atoms with E-state index in [0.29, 0.717) is 17.0 Å². The van der Waals surface area contributed by atoms with Crippen LogP contribution in [0.3, 0.4) is 0 Å². The van der Waals surface area contributed by atoms with E-state index < -0.39 is 5.97 Å². The van der Waals surface area contributed by atoms with Crippen molar-refractivity contribution in [3.63, 3.8) is 0 Å². The van der Waals surface area contributed by atoms with Gasteiger partial charge in [-0.15, -0.1) is 0 Å². The number of aryl methyl sites for hydroxylation is 2. The van der Waals surface area contributed by atoms with Crippen molar-refractivity contribution in [1.29, 1.82) is 0 Å². The molecule has 0 fully saturated rings. The van der Waals surface area contributed by atoms with Crippen LogP contribution in [0.5, 0.6) is 0 Å². The van der Waals surface area contributed by atoms with E-state index in [-0.39, 0.29) is 12.2 Å². The quantitative estimate of drug-likeness (QED) is 0.690. The van der Waals surface area contributed by atoms with Gasteiger partial charge >= 0.3 is 5.97 Å². The zero-order chi connectivity index (χ0) is 15.7. The summed E-state index contributed by atoms with van der Waals surface area (Å²) in [5.74, 6) is -0.446. The zero-order valence-electron chi connectivity index (χ0n) is 12.3. The van der Waals surface area contributed by atoms with Crippen molar-refractivity contribution < 1.29 is 9.53 Å². The summed E-state index contributed by atoms with van der Waals surface area (Å²) in [7, 11) is 1.76. The number of esters is 1. The van der Waals surface area contributed by atoms with Crippen molar-refractivity contribution in [3.05, 3.63) is 70.0 Å². The SMILES string of the molecule is Cc1ccc2nc(COC(=O)c3cccn3C)cc(=O)n2c1. The van der Waals surface area contributed by atoms with Crippen LogP contribution in [0.2, 0.25) is 0 Å². The number of carbonyl (C=O) groups is 1. The number of pyridine rings is 1. The molecule has 3 heterocycles. The zero-order valence-corrected chi connectivity index (χ0v) is 12.3. The molecule has 0 atom stereocenters. The topological polar surface area (TPSA) is 65.6 Å². The first-order valence-corrected chi connectivity index (χ1v) is 6.82. The number of ether oxygens (including phenoxy) is 1. The van der Waals surface area contributed by atoms with E-state index in [1.165, 1.54) is 10.5 Å². The third-order valence-corrected chi connectivity index (χ3v) is 3.36. The highest BCUT2D eigenvalue weighted by molar-refractivity contribution is 5.87. The van der Waals surface area contributed by atoms with Crippen LogP contribution < -0.4 is 5.56 Å². The highest BCUT2D eigenvalue weighted by atomic mass is 16.5. The third-order valence-electron chi connectivity index (χ3n) is 3.36. The first-order chi connectivity index (χ1) is 10.5. The number of rotatable bonds is 3. The largest absolute Gasteiger partial charge is 0.455 e.